The van der Waals surface area contributed by atoms with Crippen LogP contribution in [0.25, 0.3) is 0 Å². The Labute approximate surface area is 106 Å². The van der Waals surface area contributed by atoms with Crippen LogP contribution in [0.5, 0.6) is 0 Å². The van der Waals surface area contributed by atoms with Crippen LogP contribution in [0.3, 0.4) is 0 Å². The van der Waals surface area contributed by atoms with Crippen LogP contribution >= 0.6 is 11.3 Å². The van der Waals surface area contributed by atoms with E-state index >= 15 is 0 Å². The molecule has 94 valence electrons. The van der Waals surface area contributed by atoms with Crippen LogP contribution in [-0.4, -0.2) is 16.9 Å². The second-order valence-electron chi connectivity index (χ2n) is 4.53. The number of nitrogens with zero attached hydrogens (tertiary/aromatic N) is 1. The molecule has 0 bridgehead atoms. The lowest BCUT2D eigenvalue weighted by Crippen LogP contribution is -2.38. The zero-order chi connectivity index (χ0) is 12.3. The topological polar surface area (TPSA) is 68.0 Å². The van der Waals surface area contributed by atoms with Gasteiger partial charge in [-0.25, -0.2) is 4.98 Å². The van der Waals surface area contributed by atoms with Crippen molar-refractivity contribution in [1.29, 1.82) is 0 Å². The third-order valence-corrected chi connectivity index (χ3v) is 4.03. The Balaban J connectivity index is 1.87. The second-order valence-corrected chi connectivity index (χ2v) is 5.65. The highest BCUT2D eigenvalue weighted by Gasteiger charge is 2.22. The number of aryl methyl sites for hydroxylation is 1. The Hall–Kier alpha value is -1.10. The molecule has 1 heterocycles. The van der Waals surface area contributed by atoms with Crippen LogP contribution in [0.15, 0.2) is 0 Å². The number of carbonyl (C=O) groups is 1. The third kappa shape index (κ3) is 3.19. The van der Waals surface area contributed by atoms with Gasteiger partial charge < -0.3 is 11.1 Å². The fourth-order valence-corrected chi connectivity index (χ4v) is 3.11. The highest BCUT2D eigenvalue weighted by Crippen LogP contribution is 2.28. The number of rotatable bonds is 4. The maximum Gasteiger partial charge on any atom is 0.220 e. The maximum atomic E-state index is 11.6. The fraction of sp³-hybridized carbons (Fsp3) is 0.667. The molecule has 0 radical (unpaired) electrons. The Morgan fingerprint density at radius 3 is 3.24 bits per heavy atom. The van der Waals surface area contributed by atoms with E-state index in [0.717, 1.165) is 37.8 Å². The van der Waals surface area contributed by atoms with Gasteiger partial charge in [-0.1, -0.05) is 13.3 Å². The van der Waals surface area contributed by atoms with E-state index in [4.69, 9.17) is 5.73 Å². The van der Waals surface area contributed by atoms with Crippen molar-refractivity contribution < 1.29 is 4.79 Å². The molecule has 17 heavy (non-hydrogen) atoms. The van der Waals surface area contributed by atoms with Gasteiger partial charge in [0.15, 0.2) is 5.13 Å². The number of nitrogen functional groups attached to an aromatic ring is 1. The lowest BCUT2D eigenvalue weighted by atomic mass is 9.97. The van der Waals surface area contributed by atoms with Gasteiger partial charge in [0.05, 0.1) is 5.69 Å². The third-order valence-electron chi connectivity index (χ3n) is 3.08. The van der Waals surface area contributed by atoms with E-state index in [-0.39, 0.29) is 11.9 Å². The first-order chi connectivity index (χ1) is 8.19. The molecule has 1 aliphatic rings. The van der Waals surface area contributed by atoms with Gasteiger partial charge in [-0.3, -0.25) is 4.79 Å². The number of unbranched alkanes of at least 4 members (excludes halogenated alkanes) is 1. The quantitative estimate of drug-likeness (QED) is 0.861. The summed E-state index contributed by atoms with van der Waals surface area (Å²) in [6.45, 7) is 2.10. The Kier molecular flexibility index (Phi) is 3.99. The lowest BCUT2D eigenvalue weighted by Gasteiger charge is -2.22. The van der Waals surface area contributed by atoms with Gasteiger partial charge in [0, 0.05) is 23.8 Å². The highest BCUT2D eigenvalue weighted by atomic mass is 32.1. The summed E-state index contributed by atoms with van der Waals surface area (Å²) in [5.41, 5.74) is 6.82. The van der Waals surface area contributed by atoms with E-state index in [9.17, 15) is 4.79 Å². The summed E-state index contributed by atoms with van der Waals surface area (Å²) < 4.78 is 0. The predicted molar refractivity (Wildman–Crippen MR) is 70.0 cm³/mol. The van der Waals surface area contributed by atoms with E-state index in [1.165, 1.54) is 4.88 Å². The zero-order valence-corrected chi connectivity index (χ0v) is 11.0. The molecule has 0 saturated heterocycles. The summed E-state index contributed by atoms with van der Waals surface area (Å²) >= 11 is 1.55. The molecule has 0 spiro atoms. The molecule has 1 atom stereocenters. The number of carbonyl (C=O) groups excluding carboxylic acids is 1. The van der Waals surface area contributed by atoms with Gasteiger partial charge in [-0.2, -0.15) is 0 Å². The summed E-state index contributed by atoms with van der Waals surface area (Å²) in [4.78, 5) is 17.2. The molecule has 0 fully saturated rings. The van der Waals surface area contributed by atoms with Gasteiger partial charge in [0.25, 0.3) is 0 Å². The van der Waals surface area contributed by atoms with Gasteiger partial charge in [-0.05, 0) is 19.3 Å². The summed E-state index contributed by atoms with van der Waals surface area (Å²) in [6.07, 6.45) is 5.48. The van der Waals surface area contributed by atoms with Crippen LogP contribution in [0.2, 0.25) is 0 Å². The van der Waals surface area contributed by atoms with Crippen molar-refractivity contribution >= 4 is 22.4 Å². The normalized spacial score (nSPS) is 18.8. The average molecular weight is 253 g/mol. The Morgan fingerprint density at radius 2 is 2.47 bits per heavy atom. The Morgan fingerprint density at radius 1 is 1.65 bits per heavy atom. The van der Waals surface area contributed by atoms with Gasteiger partial charge >= 0.3 is 0 Å². The lowest BCUT2D eigenvalue weighted by molar-refractivity contribution is -0.121. The molecule has 5 heteroatoms. The van der Waals surface area contributed by atoms with Crippen molar-refractivity contribution in [2.75, 3.05) is 5.73 Å². The number of nitrogens with one attached hydrogen (secondary N) is 1. The molecule has 1 aliphatic carbocycles. The standard InChI is InChI=1S/C12H19N3OS/c1-2-3-4-11(16)14-8-5-6-9-10(7-8)17-12(13)15-9/h8H,2-7H2,1H3,(H2,13,15)(H,14,16). The van der Waals surface area contributed by atoms with Crippen LogP contribution in [0.1, 0.15) is 43.2 Å². The molecule has 1 aromatic heterocycles. The average Bonchev–Trinajstić information content (AvgIpc) is 2.65. The minimum Gasteiger partial charge on any atom is -0.375 e. The number of hydrogen-bond acceptors (Lipinski definition) is 4. The number of hydrogen-bond donors (Lipinski definition) is 2. The van der Waals surface area contributed by atoms with E-state index in [1.54, 1.807) is 11.3 Å². The molecule has 3 N–H and O–H groups in total. The summed E-state index contributed by atoms with van der Waals surface area (Å²) in [6, 6.07) is 0.270. The number of aromatic nitrogens is 1. The molecule has 1 unspecified atom stereocenters. The Bertz CT molecular complexity index is 402. The van der Waals surface area contributed by atoms with Crippen LogP contribution in [0.4, 0.5) is 5.13 Å². The molecular formula is C12H19N3OS. The molecular weight excluding hydrogens is 234 g/mol. The van der Waals surface area contributed by atoms with E-state index in [1.807, 2.05) is 0 Å². The first kappa shape index (κ1) is 12.4. The predicted octanol–water partition coefficient (Wildman–Crippen LogP) is 1.89. The number of amides is 1. The maximum absolute atomic E-state index is 11.6. The summed E-state index contributed by atoms with van der Waals surface area (Å²) in [5, 5.41) is 3.75. The largest absolute Gasteiger partial charge is 0.375 e. The van der Waals surface area contributed by atoms with Crippen molar-refractivity contribution in [1.82, 2.24) is 10.3 Å². The fourth-order valence-electron chi connectivity index (χ4n) is 2.16. The van der Waals surface area contributed by atoms with E-state index in [2.05, 4.69) is 17.2 Å². The van der Waals surface area contributed by atoms with Crippen molar-refractivity contribution in [2.24, 2.45) is 0 Å². The molecule has 0 aromatic carbocycles. The SMILES string of the molecule is CCCCC(=O)NC1CCc2nc(N)sc2C1. The first-order valence-corrected chi connectivity index (χ1v) is 7.04. The first-order valence-electron chi connectivity index (χ1n) is 6.22. The van der Waals surface area contributed by atoms with Crippen molar-refractivity contribution in [2.45, 2.75) is 51.5 Å². The summed E-state index contributed by atoms with van der Waals surface area (Å²) in [7, 11) is 0. The van der Waals surface area contributed by atoms with Crippen LogP contribution in [0, 0.1) is 0 Å². The molecule has 1 amide bonds. The van der Waals surface area contributed by atoms with Gasteiger partial charge in [0.1, 0.15) is 0 Å². The van der Waals surface area contributed by atoms with Gasteiger partial charge in [-0.15, -0.1) is 11.3 Å². The molecule has 4 nitrogen and oxygen atoms in total. The molecule has 0 aliphatic heterocycles. The zero-order valence-electron chi connectivity index (χ0n) is 10.2. The molecule has 0 saturated carbocycles. The van der Waals surface area contributed by atoms with Crippen LogP contribution < -0.4 is 11.1 Å². The monoisotopic (exact) mass is 253 g/mol. The minimum atomic E-state index is 0.179. The van der Waals surface area contributed by atoms with Gasteiger partial charge in [0.2, 0.25) is 5.91 Å². The van der Waals surface area contributed by atoms with E-state index < -0.39 is 0 Å². The van der Waals surface area contributed by atoms with E-state index in [0.29, 0.717) is 11.6 Å². The highest BCUT2D eigenvalue weighted by molar-refractivity contribution is 7.15. The molecule has 1 aromatic rings. The van der Waals surface area contributed by atoms with Crippen molar-refractivity contribution in [3.05, 3.63) is 10.6 Å². The molecule has 2 rings (SSSR count). The number of thiazole rings is 1. The number of anilines is 1. The smallest absolute Gasteiger partial charge is 0.220 e. The van der Waals surface area contributed by atoms with Crippen molar-refractivity contribution in [3.63, 3.8) is 0 Å². The van der Waals surface area contributed by atoms with Crippen LogP contribution in [-0.2, 0) is 17.6 Å². The summed E-state index contributed by atoms with van der Waals surface area (Å²) in [5.74, 6) is 0.179. The minimum absolute atomic E-state index is 0.179. The number of nitrogens with two attached hydrogens (primary N) is 1. The van der Waals surface area contributed by atoms with Crippen molar-refractivity contribution in [3.8, 4) is 0 Å². The number of fused-ring (bicyclic) bond motifs is 1. The second kappa shape index (κ2) is 5.49.